The number of thioether (sulfide) groups is 1. The van der Waals surface area contributed by atoms with E-state index >= 15 is 0 Å². The lowest BCUT2D eigenvalue weighted by atomic mass is 9.96. The summed E-state index contributed by atoms with van der Waals surface area (Å²) in [5.74, 6) is 0.799. The molecule has 0 aliphatic heterocycles. The van der Waals surface area contributed by atoms with Crippen LogP contribution in [0.4, 0.5) is 0 Å². The standard InChI is InChI=1S/C14H27NO2S/c1-3-15-12-8-6-4-5-7-9-13(12)18-11-10-14(16)17-2/h12-13,15H,3-11H2,1-2H3. The van der Waals surface area contributed by atoms with Gasteiger partial charge in [-0.25, -0.2) is 0 Å². The van der Waals surface area contributed by atoms with Gasteiger partial charge >= 0.3 is 5.97 Å². The summed E-state index contributed by atoms with van der Waals surface area (Å²) in [7, 11) is 1.46. The molecule has 0 radical (unpaired) electrons. The maximum Gasteiger partial charge on any atom is 0.306 e. The summed E-state index contributed by atoms with van der Waals surface area (Å²) in [4.78, 5) is 11.1. The van der Waals surface area contributed by atoms with Gasteiger partial charge in [-0.1, -0.05) is 32.6 Å². The summed E-state index contributed by atoms with van der Waals surface area (Å²) in [5, 5.41) is 4.28. The summed E-state index contributed by atoms with van der Waals surface area (Å²) in [6.45, 7) is 3.22. The van der Waals surface area contributed by atoms with Gasteiger partial charge in [-0.05, 0) is 19.4 Å². The molecule has 2 atom stereocenters. The monoisotopic (exact) mass is 273 g/mol. The van der Waals surface area contributed by atoms with Crippen molar-refractivity contribution in [1.29, 1.82) is 0 Å². The van der Waals surface area contributed by atoms with Gasteiger partial charge in [0.25, 0.3) is 0 Å². The molecule has 0 aromatic carbocycles. The Kier molecular flexibility index (Phi) is 8.51. The van der Waals surface area contributed by atoms with Crippen LogP contribution in [0.25, 0.3) is 0 Å². The number of hydrogen-bond acceptors (Lipinski definition) is 4. The molecule has 1 fully saturated rings. The van der Waals surface area contributed by atoms with Crippen molar-refractivity contribution in [2.75, 3.05) is 19.4 Å². The molecule has 0 bridgehead atoms. The van der Waals surface area contributed by atoms with Crippen molar-refractivity contribution in [3.63, 3.8) is 0 Å². The molecular formula is C14H27NO2S. The number of hydrogen-bond donors (Lipinski definition) is 1. The van der Waals surface area contributed by atoms with E-state index in [4.69, 9.17) is 4.74 Å². The van der Waals surface area contributed by atoms with E-state index in [1.54, 1.807) is 0 Å². The van der Waals surface area contributed by atoms with Crippen LogP contribution in [0.5, 0.6) is 0 Å². The Bertz CT molecular complexity index is 236. The second-order valence-electron chi connectivity index (χ2n) is 4.89. The Morgan fingerprint density at radius 3 is 2.67 bits per heavy atom. The topological polar surface area (TPSA) is 38.3 Å². The molecule has 0 saturated heterocycles. The minimum atomic E-state index is -0.0895. The van der Waals surface area contributed by atoms with Gasteiger partial charge in [0.2, 0.25) is 0 Å². The van der Waals surface area contributed by atoms with Gasteiger partial charge in [-0.15, -0.1) is 0 Å². The third kappa shape index (κ3) is 6.10. The van der Waals surface area contributed by atoms with Crippen LogP contribution >= 0.6 is 11.8 Å². The first-order valence-corrected chi connectivity index (χ1v) is 8.24. The summed E-state index contributed by atoms with van der Waals surface area (Å²) >= 11 is 1.95. The smallest absolute Gasteiger partial charge is 0.306 e. The zero-order valence-corrected chi connectivity index (χ0v) is 12.6. The fourth-order valence-corrected chi connectivity index (χ4v) is 3.93. The lowest BCUT2D eigenvalue weighted by molar-refractivity contribution is -0.140. The zero-order valence-electron chi connectivity index (χ0n) is 11.7. The van der Waals surface area contributed by atoms with Crippen LogP contribution in [-0.4, -0.2) is 36.7 Å². The molecule has 0 spiro atoms. The van der Waals surface area contributed by atoms with E-state index in [2.05, 4.69) is 12.2 Å². The van der Waals surface area contributed by atoms with Gasteiger partial charge in [0.05, 0.1) is 13.5 Å². The largest absolute Gasteiger partial charge is 0.469 e. The zero-order chi connectivity index (χ0) is 13.2. The van der Waals surface area contributed by atoms with Crippen LogP contribution in [0, 0.1) is 0 Å². The molecular weight excluding hydrogens is 246 g/mol. The maximum absolute atomic E-state index is 11.1. The van der Waals surface area contributed by atoms with E-state index in [0.29, 0.717) is 17.7 Å². The van der Waals surface area contributed by atoms with E-state index in [1.807, 2.05) is 11.8 Å². The molecule has 1 N–H and O–H groups in total. The second kappa shape index (κ2) is 9.68. The lowest BCUT2D eigenvalue weighted by Gasteiger charge is -2.29. The molecule has 3 nitrogen and oxygen atoms in total. The average Bonchev–Trinajstić information content (AvgIpc) is 2.36. The van der Waals surface area contributed by atoms with Crippen LogP contribution in [0.3, 0.4) is 0 Å². The summed E-state index contributed by atoms with van der Waals surface area (Å²) in [6.07, 6.45) is 8.52. The Morgan fingerprint density at radius 1 is 1.28 bits per heavy atom. The van der Waals surface area contributed by atoms with Gasteiger partial charge < -0.3 is 10.1 Å². The molecule has 0 aromatic rings. The predicted molar refractivity (Wildman–Crippen MR) is 78.0 cm³/mol. The first-order chi connectivity index (χ1) is 8.77. The predicted octanol–water partition coefficient (Wildman–Crippen LogP) is 2.98. The summed E-state index contributed by atoms with van der Waals surface area (Å²) < 4.78 is 4.69. The van der Waals surface area contributed by atoms with Gasteiger partial charge in [0, 0.05) is 17.0 Å². The van der Waals surface area contributed by atoms with Crippen molar-refractivity contribution in [2.24, 2.45) is 0 Å². The highest BCUT2D eigenvalue weighted by molar-refractivity contribution is 7.99. The highest BCUT2D eigenvalue weighted by Gasteiger charge is 2.22. The molecule has 0 heterocycles. The van der Waals surface area contributed by atoms with Crippen molar-refractivity contribution >= 4 is 17.7 Å². The number of rotatable bonds is 6. The Morgan fingerprint density at radius 2 is 2.00 bits per heavy atom. The second-order valence-corrected chi connectivity index (χ2v) is 6.24. The SMILES string of the molecule is CCNC1CCCCCCC1SCCC(=O)OC. The number of methoxy groups -OCH3 is 1. The minimum Gasteiger partial charge on any atom is -0.469 e. The van der Waals surface area contributed by atoms with Gasteiger partial charge in [0.15, 0.2) is 0 Å². The average molecular weight is 273 g/mol. The van der Waals surface area contributed by atoms with Crippen LogP contribution in [-0.2, 0) is 9.53 Å². The number of ether oxygens (including phenoxy) is 1. The van der Waals surface area contributed by atoms with E-state index in [1.165, 1.54) is 45.6 Å². The molecule has 2 unspecified atom stereocenters. The van der Waals surface area contributed by atoms with E-state index < -0.39 is 0 Å². The third-order valence-corrected chi connectivity index (χ3v) is 4.97. The van der Waals surface area contributed by atoms with Gasteiger partial charge in [0.1, 0.15) is 0 Å². The van der Waals surface area contributed by atoms with Crippen LogP contribution in [0.1, 0.15) is 51.9 Å². The minimum absolute atomic E-state index is 0.0895. The molecule has 0 amide bonds. The van der Waals surface area contributed by atoms with Crippen molar-refractivity contribution in [2.45, 2.75) is 63.2 Å². The first-order valence-electron chi connectivity index (χ1n) is 7.19. The van der Waals surface area contributed by atoms with Crippen LogP contribution in [0.2, 0.25) is 0 Å². The van der Waals surface area contributed by atoms with Crippen molar-refractivity contribution in [3.8, 4) is 0 Å². The lowest BCUT2D eigenvalue weighted by Crippen LogP contribution is -2.39. The van der Waals surface area contributed by atoms with E-state index in [9.17, 15) is 4.79 Å². The molecule has 4 heteroatoms. The van der Waals surface area contributed by atoms with Crippen molar-refractivity contribution in [1.82, 2.24) is 5.32 Å². The molecule has 0 aromatic heterocycles. The first kappa shape index (κ1) is 15.8. The molecule has 1 rings (SSSR count). The third-order valence-electron chi connectivity index (χ3n) is 3.53. The fourth-order valence-electron chi connectivity index (χ4n) is 2.54. The number of carbonyl (C=O) groups is 1. The maximum atomic E-state index is 11.1. The Labute approximate surface area is 115 Å². The highest BCUT2D eigenvalue weighted by Crippen LogP contribution is 2.27. The number of carbonyl (C=O) groups excluding carboxylic acids is 1. The molecule has 1 aliphatic rings. The van der Waals surface area contributed by atoms with Gasteiger partial charge in [-0.3, -0.25) is 4.79 Å². The van der Waals surface area contributed by atoms with Crippen molar-refractivity contribution in [3.05, 3.63) is 0 Å². The summed E-state index contributed by atoms with van der Waals surface area (Å²) in [5.41, 5.74) is 0. The fraction of sp³-hybridized carbons (Fsp3) is 0.929. The Balaban J connectivity index is 2.37. The number of esters is 1. The summed E-state index contributed by atoms with van der Waals surface area (Å²) in [6, 6.07) is 0.623. The molecule has 18 heavy (non-hydrogen) atoms. The Hall–Kier alpha value is -0.220. The van der Waals surface area contributed by atoms with Crippen molar-refractivity contribution < 1.29 is 9.53 Å². The molecule has 1 saturated carbocycles. The van der Waals surface area contributed by atoms with Gasteiger partial charge in [-0.2, -0.15) is 11.8 Å². The van der Waals surface area contributed by atoms with E-state index in [0.717, 1.165) is 12.3 Å². The molecule has 106 valence electrons. The van der Waals surface area contributed by atoms with Crippen LogP contribution in [0.15, 0.2) is 0 Å². The number of nitrogens with one attached hydrogen (secondary N) is 1. The van der Waals surface area contributed by atoms with E-state index in [-0.39, 0.29) is 5.97 Å². The highest BCUT2D eigenvalue weighted by atomic mass is 32.2. The normalized spacial score (nSPS) is 25.2. The quantitative estimate of drug-likeness (QED) is 0.755. The molecule has 1 aliphatic carbocycles. The van der Waals surface area contributed by atoms with Crippen LogP contribution < -0.4 is 5.32 Å².